The molecule has 0 amide bonds. The summed E-state index contributed by atoms with van der Waals surface area (Å²) in [6, 6.07) is 60.9. The van der Waals surface area contributed by atoms with Gasteiger partial charge >= 0.3 is 0 Å². The molecule has 2 aromatic heterocycles. The second kappa shape index (κ2) is 11.5. The maximum Gasteiger partial charge on any atom is 0.143 e. The van der Waals surface area contributed by atoms with E-state index in [2.05, 4.69) is 126 Å². The standard InChI is InChI=1S/C47H28N2O2/c48-29-30-15-16-34-28-37(26-21-33(34)27-30)49(35-22-17-31(18-23-35)38-9-5-11-42-40-7-1-3-13-44(40)50-46(38)42)36-24-19-32(20-25-36)39-10-6-12-43-41-8-2-4-14-45(41)51-47(39)43/h1-28H. The molecule has 0 unspecified atom stereocenters. The molecule has 10 rings (SSSR count). The lowest BCUT2D eigenvalue weighted by molar-refractivity contribution is 0.669. The number of fused-ring (bicyclic) bond motifs is 7. The van der Waals surface area contributed by atoms with Crippen molar-refractivity contribution in [1.82, 2.24) is 0 Å². The normalized spacial score (nSPS) is 11.5. The quantitative estimate of drug-likeness (QED) is 0.186. The summed E-state index contributed by atoms with van der Waals surface area (Å²) >= 11 is 0. The van der Waals surface area contributed by atoms with E-state index in [0.29, 0.717) is 5.56 Å². The molecule has 0 N–H and O–H groups in total. The Kier molecular flexibility index (Phi) is 6.52. The first kappa shape index (κ1) is 28.9. The van der Waals surface area contributed by atoms with Gasteiger partial charge in [-0.3, -0.25) is 0 Å². The van der Waals surface area contributed by atoms with Gasteiger partial charge in [-0.2, -0.15) is 5.26 Å². The van der Waals surface area contributed by atoms with Crippen LogP contribution >= 0.6 is 0 Å². The second-order valence-corrected chi connectivity index (χ2v) is 12.8. The molecule has 10 aromatic rings. The van der Waals surface area contributed by atoms with Gasteiger partial charge in [-0.25, -0.2) is 0 Å². The van der Waals surface area contributed by atoms with Gasteiger partial charge in [0.05, 0.1) is 11.6 Å². The third-order valence-corrected chi connectivity index (χ3v) is 9.89. The maximum atomic E-state index is 9.47. The van der Waals surface area contributed by atoms with Crippen LogP contribution in [0.25, 0.3) is 76.9 Å². The van der Waals surface area contributed by atoms with E-state index in [4.69, 9.17) is 8.83 Å². The maximum absolute atomic E-state index is 9.47. The summed E-state index contributed by atoms with van der Waals surface area (Å²) < 4.78 is 12.7. The Morgan fingerprint density at radius 1 is 0.412 bits per heavy atom. The number of nitriles is 1. The molecule has 0 aliphatic carbocycles. The highest BCUT2D eigenvalue weighted by molar-refractivity contribution is 6.10. The van der Waals surface area contributed by atoms with Crippen LogP contribution in [0, 0.1) is 11.3 Å². The first-order chi connectivity index (χ1) is 25.2. The summed E-state index contributed by atoms with van der Waals surface area (Å²) in [5.41, 5.74) is 11.6. The molecule has 0 saturated heterocycles. The summed E-state index contributed by atoms with van der Waals surface area (Å²) in [6.45, 7) is 0. The zero-order valence-corrected chi connectivity index (χ0v) is 27.4. The Balaban J connectivity index is 1.08. The average Bonchev–Trinajstić information content (AvgIpc) is 3.77. The molecule has 0 spiro atoms. The molecule has 8 aromatic carbocycles. The smallest absolute Gasteiger partial charge is 0.143 e. The largest absolute Gasteiger partial charge is 0.455 e. The van der Waals surface area contributed by atoms with Crippen LogP contribution in [-0.4, -0.2) is 0 Å². The van der Waals surface area contributed by atoms with Crippen molar-refractivity contribution in [2.24, 2.45) is 0 Å². The van der Waals surface area contributed by atoms with E-state index < -0.39 is 0 Å². The summed E-state index contributed by atoms with van der Waals surface area (Å²) in [5, 5.41) is 16.0. The number of nitrogens with zero attached hydrogens (tertiary/aromatic N) is 2. The topological polar surface area (TPSA) is 53.3 Å². The fourth-order valence-corrected chi connectivity index (χ4v) is 7.42. The third-order valence-electron chi connectivity index (χ3n) is 9.89. The molecule has 238 valence electrons. The van der Waals surface area contributed by atoms with Crippen LogP contribution < -0.4 is 4.90 Å². The number of benzene rings is 8. The molecule has 0 aliphatic rings. The van der Waals surface area contributed by atoms with Gasteiger partial charge in [0, 0.05) is 49.7 Å². The van der Waals surface area contributed by atoms with Crippen molar-refractivity contribution < 1.29 is 8.83 Å². The van der Waals surface area contributed by atoms with Crippen LogP contribution in [0.1, 0.15) is 5.56 Å². The number of hydrogen-bond donors (Lipinski definition) is 0. The highest BCUT2D eigenvalue weighted by Gasteiger charge is 2.17. The van der Waals surface area contributed by atoms with Gasteiger partial charge in [0.25, 0.3) is 0 Å². The van der Waals surface area contributed by atoms with Gasteiger partial charge in [0.2, 0.25) is 0 Å². The zero-order valence-electron chi connectivity index (χ0n) is 27.4. The lowest BCUT2D eigenvalue weighted by atomic mass is 10.0. The van der Waals surface area contributed by atoms with E-state index >= 15 is 0 Å². The fourth-order valence-electron chi connectivity index (χ4n) is 7.42. The predicted molar refractivity (Wildman–Crippen MR) is 209 cm³/mol. The number of hydrogen-bond acceptors (Lipinski definition) is 4. The molecular formula is C47H28N2O2. The summed E-state index contributed by atoms with van der Waals surface area (Å²) in [5.74, 6) is 0. The van der Waals surface area contributed by atoms with Crippen LogP contribution in [0.15, 0.2) is 179 Å². The molecule has 4 heteroatoms. The summed E-state index contributed by atoms with van der Waals surface area (Å²) in [4.78, 5) is 2.27. The zero-order chi connectivity index (χ0) is 33.9. The first-order valence-corrected chi connectivity index (χ1v) is 17.0. The van der Waals surface area contributed by atoms with E-state index in [-0.39, 0.29) is 0 Å². The number of anilines is 3. The fraction of sp³-hybridized carbons (Fsp3) is 0. The van der Waals surface area contributed by atoms with Crippen molar-refractivity contribution in [3.05, 3.63) is 175 Å². The Morgan fingerprint density at radius 3 is 1.43 bits per heavy atom. The van der Waals surface area contributed by atoms with Crippen molar-refractivity contribution in [1.29, 1.82) is 5.26 Å². The van der Waals surface area contributed by atoms with Crippen LogP contribution in [0.4, 0.5) is 17.1 Å². The van der Waals surface area contributed by atoms with E-state index in [9.17, 15) is 5.26 Å². The van der Waals surface area contributed by atoms with Gasteiger partial charge < -0.3 is 13.7 Å². The molecule has 4 nitrogen and oxygen atoms in total. The number of furan rings is 2. The highest BCUT2D eigenvalue weighted by atomic mass is 16.3. The molecule has 0 bridgehead atoms. The van der Waals surface area contributed by atoms with E-state index in [1.165, 1.54) is 0 Å². The lowest BCUT2D eigenvalue weighted by Crippen LogP contribution is -2.09. The van der Waals surface area contributed by atoms with E-state index in [0.717, 1.165) is 94.0 Å². The molecular weight excluding hydrogens is 625 g/mol. The van der Waals surface area contributed by atoms with Gasteiger partial charge in [-0.15, -0.1) is 0 Å². The van der Waals surface area contributed by atoms with Crippen molar-refractivity contribution in [2.45, 2.75) is 0 Å². The monoisotopic (exact) mass is 652 g/mol. The van der Waals surface area contributed by atoms with Crippen molar-refractivity contribution in [3.63, 3.8) is 0 Å². The number of para-hydroxylation sites is 4. The molecule has 0 aliphatic heterocycles. The molecule has 0 radical (unpaired) electrons. The minimum Gasteiger partial charge on any atom is -0.455 e. The van der Waals surface area contributed by atoms with Crippen molar-refractivity contribution in [2.75, 3.05) is 4.90 Å². The average molecular weight is 653 g/mol. The molecule has 0 saturated carbocycles. The van der Waals surface area contributed by atoms with Gasteiger partial charge in [0.1, 0.15) is 22.3 Å². The van der Waals surface area contributed by atoms with Crippen molar-refractivity contribution in [3.8, 4) is 28.3 Å². The minimum atomic E-state index is 0.650. The van der Waals surface area contributed by atoms with Crippen LogP contribution in [0.5, 0.6) is 0 Å². The summed E-state index contributed by atoms with van der Waals surface area (Å²) in [6.07, 6.45) is 0. The third kappa shape index (κ3) is 4.75. The highest BCUT2D eigenvalue weighted by Crippen LogP contribution is 2.41. The Hall–Kier alpha value is -7.09. The van der Waals surface area contributed by atoms with Gasteiger partial charge in [-0.05, 0) is 82.6 Å². The second-order valence-electron chi connectivity index (χ2n) is 12.8. The van der Waals surface area contributed by atoms with Crippen LogP contribution in [-0.2, 0) is 0 Å². The summed E-state index contributed by atoms with van der Waals surface area (Å²) in [7, 11) is 0. The van der Waals surface area contributed by atoms with E-state index in [1.807, 2.05) is 54.6 Å². The van der Waals surface area contributed by atoms with Crippen LogP contribution in [0.3, 0.4) is 0 Å². The molecule has 2 heterocycles. The molecule has 0 fully saturated rings. The van der Waals surface area contributed by atoms with Gasteiger partial charge in [-0.1, -0.05) is 109 Å². The number of rotatable bonds is 5. The Morgan fingerprint density at radius 2 is 0.882 bits per heavy atom. The van der Waals surface area contributed by atoms with Crippen molar-refractivity contribution >= 4 is 71.7 Å². The Bertz CT molecular complexity index is 2820. The predicted octanol–water partition coefficient (Wildman–Crippen LogP) is 13.3. The Labute approximate surface area is 293 Å². The van der Waals surface area contributed by atoms with Gasteiger partial charge in [0.15, 0.2) is 0 Å². The first-order valence-electron chi connectivity index (χ1n) is 17.0. The van der Waals surface area contributed by atoms with E-state index in [1.54, 1.807) is 0 Å². The SMILES string of the molecule is N#Cc1ccc2cc(N(c3ccc(-c4cccc5c4oc4ccccc45)cc3)c3ccc(-c4cccc5c4oc4ccccc45)cc3)ccc2c1. The van der Waals surface area contributed by atoms with Crippen LogP contribution in [0.2, 0.25) is 0 Å². The molecule has 0 atom stereocenters. The lowest BCUT2D eigenvalue weighted by Gasteiger charge is -2.26. The minimum absolute atomic E-state index is 0.650. The molecule has 51 heavy (non-hydrogen) atoms.